The van der Waals surface area contributed by atoms with Crippen LogP contribution >= 0.6 is 23.1 Å². The van der Waals surface area contributed by atoms with Crippen LogP contribution in [0, 0.1) is 0 Å². The Morgan fingerprint density at radius 2 is 2.44 bits per heavy atom. The highest BCUT2D eigenvalue weighted by Gasteiger charge is 2.29. The molecule has 2 atom stereocenters. The predicted octanol–water partition coefficient (Wildman–Crippen LogP) is 1.93. The smallest absolute Gasteiger partial charge is 0.0348 e. The van der Waals surface area contributed by atoms with Gasteiger partial charge in [0.25, 0.3) is 0 Å². The maximum atomic E-state index is 3.49. The monoisotopic (exact) mass is 256 g/mol. The third-order valence-electron chi connectivity index (χ3n) is 3.29. The third kappa shape index (κ3) is 3.00. The Kier molecular flexibility index (Phi) is 4.70. The van der Waals surface area contributed by atoms with Crippen molar-refractivity contribution < 1.29 is 0 Å². The Morgan fingerprint density at radius 1 is 1.56 bits per heavy atom. The van der Waals surface area contributed by atoms with Crippen molar-refractivity contribution in [2.24, 2.45) is 0 Å². The van der Waals surface area contributed by atoms with Crippen LogP contribution in [0.3, 0.4) is 0 Å². The zero-order chi connectivity index (χ0) is 11.4. The van der Waals surface area contributed by atoms with E-state index in [4.69, 9.17) is 0 Å². The first-order valence-electron chi connectivity index (χ1n) is 5.77. The average molecular weight is 256 g/mol. The van der Waals surface area contributed by atoms with Crippen LogP contribution < -0.4 is 5.32 Å². The van der Waals surface area contributed by atoms with Gasteiger partial charge in [-0.05, 0) is 31.2 Å². The van der Waals surface area contributed by atoms with Crippen LogP contribution in [-0.4, -0.2) is 49.1 Å². The first kappa shape index (κ1) is 12.4. The van der Waals surface area contributed by atoms with Gasteiger partial charge in [-0.2, -0.15) is 11.8 Å². The number of nitrogens with zero attached hydrogens (tertiary/aromatic N) is 1. The van der Waals surface area contributed by atoms with Gasteiger partial charge in [-0.15, -0.1) is 11.3 Å². The van der Waals surface area contributed by atoms with Gasteiger partial charge in [-0.25, -0.2) is 0 Å². The molecule has 90 valence electrons. The number of thiophene rings is 1. The van der Waals surface area contributed by atoms with Crippen LogP contribution in [0.5, 0.6) is 0 Å². The molecule has 16 heavy (non-hydrogen) atoms. The summed E-state index contributed by atoms with van der Waals surface area (Å²) in [6, 6.07) is 5.08. The van der Waals surface area contributed by atoms with Crippen molar-refractivity contribution in [3.63, 3.8) is 0 Å². The molecule has 1 aromatic rings. The minimum atomic E-state index is 0.704. The van der Waals surface area contributed by atoms with E-state index in [0.29, 0.717) is 6.04 Å². The number of hydrogen-bond acceptors (Lipinski definition) is 4. The first-order chi connectivity index (χ1) is 7.81. The minimum Gasteiger partial charge on any atom is -0.314 e. The van der Waals surface area contributed by atoms with Crippen molar-refractivity contribution in [2.75, 3.05) is 32.9 Å². The summed E-state index contributed by atoms with van der Waals surface area (Å²) in [5, 5.41) is 6.41. The highest BCUT2D eigenvalue weighted by molar-refractivity contribution is 7.99. The second kappa shape index (κ2) is 6.05. The standard InChI is InChI=1S/C12H20N2S2/c1-14(6-5-10-4-3-7-16-10)11-8-13-9-12(11)15-2/h3-4,7,11-13H,5-6,8-9H2,1-2H3. The molecule has 0 amide bonds. The molecule has 0 aromatic carbocycles. The van der Waals surface area contributed by atoms with E-state index in [9.17, 15) is 0 Å². The van der Waals surface area contributed by atoms with Crippen molar-refractivity contribution in [1.29, 1.82) is 0 Å². The number of hydrogen-bond donors (Lipinski definition) is 1. The number of rotatable bonds is 5. The lowest BCUT2D eigenvalue weighted by Crippen LogP contribution is -2.40. The van der Waals surface area contributed by atoms with Crippen LogP contribution in [0.25, 0.3) is 0 Å². The Morgan fingerprint density at radius 3 is 3.12 bits per heavy atom. The van der Waals surface area contributed by atoms with Gasteiger partial charge in [-0.3, -0.25) is 0 Å². The topological polar surface area (TPSA) is 15.3 Å². The molecule has 0 radical (unpaired) electrons. The lowest BCUT2D eigenvalue weighted by Gasteiger charge is -2.27. The molecule has 0 bridgehead atoms. The molecule has 1 aromatic heterocycles. The maximum absolute atomic E-state index is 3.49. The van der Waals surface area contributed by atoms with E-state index in [1.165, 1.54) is 17.8 Å². The van der Waals surface area contributed by atoms with E-state index in [-0.39, 0.29) is 0 Å². The van der Waals surface area contributed by atoms with Gasteiger partial charge in [0.05, 0.1) is 0 Å². The van der Waals surface area contributed by atoms with Gasteiger partial charge in [0.1, 0.15) is 0 Å². The average Bonchev–Trinajstić information content (AvgIpc) is 2.96. The molecule has 2 heterocycles. The normalized spacial score (nSPS) is 25.4. The van der Waals surface area contributed by atoms with Crippen molar-refractivity contribution in [1.82, 2.24) is 10.2 Å². The van der Waals surface area contributed by atoms with E-state index in [0.717, 1.165) is 18.3 Å². The van der Waals surface area contributed by atoms with Crippen molar-refractivity contribution in [2.45, 2.75) is 17.7 Å². The fourth-order valence-electron chi connectivity index (χ4n) is 2.23. The molecule has 0 spiro atoms. The van der Waals surface area contributed by atoms with E-state index >= 15 is 0 Å². The quantitative estimate of drug-likeness (QED) is 0.866. The number of nitrogens with one attached hydrogen (secondary N) is 1. The summed E-state index contributed by atoms with van der Waals surface area (Å²) in [6.45, 7) is 3.48. The first-order valence-corrected chi connectivity index (χ1v) is 7.94. The lowest BCUT2D eigenvalue weighted by molar-refractivity contribution is 0.265. The Balaban J connectivity index is 1.81. The molecule has 2 nitrogen and oxygen atoms in total. The highest BCUT2D eigenvalue weighted by Crippen LogP contribution is 2.19. The predicted molar refractivity (Wildman–Crippen MR) is 74.6 cm³/mol. The van der Waals surface area contributed by atoms with Gasteiger partial charge >= 0.3 is 0 Å². The molecule has 1 fully saturated rings. The Hall–Kier alpha value is -0.0300. The van der Waals surface area contributed by atoms with E-state index in [1.54, 1.807) is 0 Å². The number of likely N-dealkylation sites (N-methyl/N-ethyl adjacent to an activating group) is 1. The van der Waals surface area contributed by atoms with Crippen LogP contribution in [0.1, 0.15) is 4.88 Å². The summed E-state index contributed by atoms with van der Waals surface area (Å²) in [6.07, 6.45) is 3.41. The van der Waals surface area contributed by atoms with E-state index < -0.39 is 0 Å². The third-order valence-corrected chi connectivity index (χ3v) is 5.31. The largest absolute Gasteiger partial charge is 0.314 e. The summed E-state index contributed by atoms with van der Waals surface area (Å²) in [5.41, 5.74) is 0. The van der Waals surface area contributed by atoms with Gasteiger partial charge in [0.15, 0.2) is 0 Å². The van der Waals surface area contributed by atoms with Crippen LogP contribution in [0.2, 0.25) is 0 Å². The van der Waals surface area contributed by atoms with Gasteiger partial charge in [0, 0.05) is 35.8 Å². The fourth-order valence-corrected chi connectivity index (χ4v) is 3.83. The Bertz CT molecular complexity index is 300. The molecule has 4 heteroatoms. The molecule has 0 aliphatic carbocycles. The van der Waals surface area contributed by atoms with Crippen molar-refractivity contribution in [3.8, 4) is 0 Å². The minimum absolute atomic E-state index is 0.704. The fraction of sp³-hybridized carbons (Fsp3) is 0.667. The molecular weight excluding hydrogens is 236 g/mol. The maximum Gasteiger partial charge on any atom is 0.0348 e. The zero-order valence-corrected chi connectivity index (χ0v) is 11.6. The van der Waals surface area contributed by atoms with Crippen molar-refractivity contribution in [3.05, 3.63) is 22.4 Å². The molecular formula is C12H20N2S2. The van der Waals surface area contributed by atoms with Gasteiger partial charge in [0.2, 0.25) is 0 Å². The molecule has 1 aliphatic heterocycles. The SMILES string of the molecule is CSC1CNCC1N(C)CCc1cccs1. The second-order valence-electron chi connectivity index (χ2n) is 4.31. The Labute approximate surface area is 106 Å². The van der Waals surface area contributed by atoms with Crippen LogP contribution in [0.4, 0.5) is 0 Å². The molecule has 1 saturated heterocycles. The van der Waals surface area contributed by atoms with E-state index in [2.05, 4.69) is 41.0 Å². The van der Waals surface area contributed by atoms with Gasteiger partial charge in [-0.1, -0.05) is 6.07 Å². The summed E-state index contributed by atoms with van der Waals surface area (Å²) < 4.78 is 0. The molecule has 2 rings (SSSR count). The molecule has 1 N–H and O–H groups in total. The molecule has 0 saturated carbocycles. The van der Waals surface area contributed by atoms with Gasteiger partial charge < -0.3 is 10.2 Å². The highest BCUT2D eigenvalue weighted by atomic mass is 32.2. The summed E-state index contributed by atoms with van der Waals surface area (Å²) in [4.78, 5) is 4.01. The zero-order valence-electron chi connectivity index (χ0n) is 9.98. The summed E-state index contributed by atoms with van der Waals surface area (Å²) in [7, 11) is 2.26. The summed E-state index contributed by atoms with van der Waals surface area (Å²) >= 11 is 3.86. The summed E-state index contributed by atoms with van der Waals surface area (Å²) in [5.74, 6) is 0. The van der Waals surface area contributed by atoms with E-state index in [1.807, 2.05) is 23.1 Å². The van der Waals surface area contributed by atoms with Crippen molar-refractivity contribution >= 4 is 23.1 Å². The van der Waals surface area contributed by atoms with Crippen LogP contribution in [-0.2, 0) is 6.42 Å². The molecule has 1 aliphatic rings. The lowest BCUT2D eigenvalue weighted by atomic mass is 10.2. The second-order valence-corrected chi connectivity index (χ2v) is 6.42. The molecule has 2 unspecified atom stereocenters. The van der Waals surface area contributed by atoms with Crippen LogP contribution in [0.15, 0.2) is 17.5 Å². The number of thioether (sulfide) groups is 1.